The highest BCUT2D eigenvalue weighted by atomic mass is 19.4. The summed E-state index contributed by atoms with van der Waals surface area (Å²) in [6, 6.07) is 3.61. The van der Waals surface area contributed by atoms with Crippen molar-refractivity contribution in [3.05, 3.63) is 29.3 Å². The van der Waals surface area contributed by atoms with Gasteiger partial charge in [-0.05, 0) is 31.2 Å². The molecule has 0 radical (unpaired) electrons. The Bertz CT molecular complexity index is 489. The highest BCUT2D eigenvalue weighted by Crippen LogP contribution is 2.37. The average Bonchev–Trinajstić information content (AvgIpc) is 2.38. The van der Waals surface area contributed by atoms with E-state index in [1.165, 1.54) is 12.1 Å². The Hall–Kier alpha value is -1.76. The predicted molar refractivity (Wildman–Crippen MR) is 71.2 cm³/mol. The average molecular weight is 305 g/mol. The molecule has 1 atom stereocenters. The SMILES string of the molecule is CCCC(Oc1ccc(CNC)cc1C(F)(F)F)C(=O)O. The molecule has 0 aliphatic rings. The topological polar surface area (TPSA) is 58.6 Å². The smallest absolute Gasteiger partial charge is 0.419 e. The predicted octanol–water partition coefficient (Wildman–Crippen LogP) is 3.06. The van der Waals surface area contributed by atoms with Crippen molar-refractivity contribution in [2.75, 3.05) is 7.05 Å². The summed E-state index contributed by atoms with van der Waals surface area (Å²) in [5.41, 5.74) is -0.517. The molecule has 0 spiro atoms. The highest BCUT2D eigenvalue weighted by Gasteiger charge is 2.35. The fourth-order valence-corrected chi connectivity index (χ4v) is 1.86. The van der Waals surface area contributed by atoms with Crippen LogP contribution in [0.2, 0.25) is 0 Å². The molecule has 4 nitrogen and oxygen atoms in total. The first-order chi connectivity index (χ1) is 9.79. The lowest BCUT2D eigenvalue weighted by Gasteiger charge is -2.19. The van der Waals surface area contributed by atoms with Crippen LogP contribution in [0.25, 0.3) is 0 Å². The summed E-state index contributed by atoms with van der Waals surface area (Å²) >= 11 is 0. The van der Waals surface area contributed by atoms with Crippen molar-refractivity contribution < 1.29 is 27.8 Å². The maximum atomic E-state index is 13.1. The lowest BCUT2D eigenvalue weighted by atomic mass is 10.1. The Morgan fingerprint density at radius 2 is 2.10 bits per heavy atom. The van der Waals surface area contributed by atoms with Gasteiger partial charge in [-0.3, -0.25) is 0 Å². The molecule has 2 N–H and O–H groups in total. The van der Waals surface area contributed by atoms with Crippen LogP contribution in [0, 0.1) is 0 Å². The molecule has 118 valence electrons. The first-order valence-electron chi connectivity index (χ1n) is 6.53. The minimum atomic E-state index is -4.60. The van der Waals surface area contributed by atoms with Crippen molar-refractivity contribution >= 4 is 5.97 Å². The van der Waals surface area contributed by atoms with Gasteiger partial charge >= 0.3 is 12.1 Å². The number of halogens is 3. The molecule has 0 aliphatic heterocycles. The quantitative estimate of drug-likeness (QED) is 0.813. The molecule has 1 rings (SSSR count). The van der Waals surface area contributed by atoms with Gasteiger partial charge in [0.05, 0.1) is 5.56 Å². The van der Waals surface area contributed by atoms with E-state index in [9.17, 15) is 18.0 Å². The molecule has 0 saturated heterocycles. The normalized spacial score (nSPS) is 13.0. The first-order valence-corrected chi connectivity index (χ1v) is 6.53. The standard InChI is InChI=1S/C14H18F3NO3/c1-3-4-12(13(19)20)21-11-6-5-9(8-18-2)7-10(11)14(15,16)17/h5-7,12,18H,3-4,8H2,1-2H3,(H,19,20). The Morgan fingerprint density at radius 3 is 2.57 bits per heavy atom. The molecular weight excluding hydrogens is 287 g/mol. The summed E-state index contributed by atoms with van der Waals surface area (Å²) in [6.45, 7) is 2.01. The number of nitrogens with one attached hydrogen (secondary N) is 1. The zero-order valence-corrected chi connectivity index (χ0v) is 11.8. The molecule has 1 unspecified atom stereocenters. The van der Waals surface area contributed by atoms with Gasteiger partial charge in [-0.1, -0.05) is 19.4 Å². The van der Waals surface area contributed by atoms with Crippen LogP contribution in [0.4, 0.5) is 13.2 Å². The van der Waals surface area contributed by atoms with Gasteiger partial charge in [0.2, 0.25) is 0 Å². The van der Waals surface area contributed by atoms with Gasteiger partial charge in [0.15, 0.2) is 6.10 Å². The van der Waals surface area contributed by atoms with Gasteiger partial charge in [0.25, 0.3) is 0 Å². The van der Waals surface area contributed by atoms with E-state index < -0.39 is 29.6 Å². The van der Waals surface area contributed by atoms with E-state index in [1.807, 2.05) is 0 Å². The van der Waals surface area contributed by atoms with E-state index in [0.29, 0.717) is 12.0 Å². The summed E-state index contributed by atoms with van der Waals surface area (Å²) in [4.78, 5) is 11.0. The third-order valence-electron chi connectivity index (χ3n) is 2.83. The number of aliphatic carboxylic acids is 1. The summed E-state index contributed by atoms with van der Waals surface area (Å²) in [7, 11) is 1.62. The van der Waals surface area contributed by atoms with Crippen molar-refractivity contribution in [1.29, 1.82) is 0 Å². The van der Waals surface area contributed by atoms with Crippen molar-refractivity contribution in [3.63, 3.8) is 0 Å². The Labute approximate surface area is 120 Å². The van der Waals surface area contributed by atoms with Gasteiger partial charge in [-0.15, -0.1) is 0 Å². The summed E-state index contributed by atoms with van der Waals surface area (Å²) < 4.78 is 44.2. The number of benzene rings is 1. The second-order valence-corrected chi connectivity index (χ2v) is 4.59. The number of hydrogen-bond donors (Lipinski definition) is 2. The lowest BCUT2D eigenvalue weighted by molar-refractivity contribution is -0.148. The van der Waals surface area contributed by atoms with E-state index in [0.717, 1.165) is 6.07 Å². The van der Waals surface area contributed by atoms with Crippen LogP contribution in [0.1, 0.15) is 30.9 Å². The number of rotatable bonds is 7. The number of alkyl halides is 3. The second kappa shape index (κ2) is 7.31. The Kier molecular flexibility index (Phi) is 6.02. The summed E-state index contributed by atoms with van der Waals surface area (Å²) in [6.07, 6.45) is -5.25. The third kappa shape index (κ3) is 4.93. The van der Waals surface area contributed by atoms with Crippen LogP contribution in [-0.4, -0.2) is 24.2 Å². The second-order valence-electron chi connectivity index (χ2n) is 4.59. The number of hydrogen-bond acceptors (Lipinski definition) is 3. The zero-order chi connectivity index (χ0) is 16.0. The maximum absolute atomic E-state index is 13.1. The number of ether oxygens (including phenoxy) is 1. The molecule has 7 heteroatoms. The molecule has 0 aliphatic carbocycles. The minimum absolute atomic E-state index is 0.144. The van der Waals surface area contributed by atoms with Crippen LogP contribution in [0.15, 0.2) is 18.2 Å². The van der Waals surface area contributed by atoms with Crippen molar-refractivity contribution in [1.82, 2.24) is 5.32 Å². The van der Waals surface area contributed by atoms with Gasteiger partial charge in [-0.25, -0.2) is 4.79 Å². The van der Waals surface area contributed by atoms with Gasteiger partial charge in [0.1, 0.15) is 5.75 Å². The van der Waals surface area contributed by atoms with E-state index in [1.54, 1.807) is 14.0 Å². The molecule has 0 fully saturated rings. The Morgan fingerprint density at radius 1 is 1.43 bits per heavy atom. The molecule has 0 aromatic heterocycles. The third-order valence-corrected chi connectivity index (χ3v) is 2.83. The molecule has 0 saturated carbocycles. The van der Waals surface area contributed by atoms with Gasteiger partial charge in [-0.2, -0.15) is 13.2 Å². The molecule has 1 aromatic carbocycles. The van der Waals surface area contributed by atoms with E-state index >= 15 is 0 Å². The van der Waals surface area contributed by atoms with Crippen LogP contribution >= 0.6 is 0 Å². The minimum Gasteiger partial charge on any atom is -0.479 e. The Balaban J connectivity index is 3.13. The summed E-state index contributed by atoms with van der Waals surface area (Å²) in [5.74, 6) is -1.73. The molecule has 0 heterocycles. The summed E-state index contributed by atoms with van der Waals surface area (Å²) in [5, 5.41) is 11.7. The van der Waals surface area contributed by atoms with Crippen molar-refractivity contribution in [2.24, 2.45) is 0 Å². The van der Waals surface area contributed by atoms with Gasteiger partial charge < -0.3 is 15.2 Å². The van der Waals surface area contributed by atoms with E-state index in [4.69, 9.17) is 9.84 Å². The fraction of sp³-hybridized carbons (Fsp3) is 0.500. The highest BCUT2D eigenvalue weighted by molar-refractivity contribution is 5.72. The van der Waals surface area contributed by atoms with E-state index in [-0.39, 0.29) is 13.0 Å². The number of carbonyl (C=O) groups is 1. The molecule has 1 aromatic rings. The van der Waals surface area contributed by atoms with Gasteiger partial charge in [0, 0.05) is 6.54 Å². The number of carboxylic acid groups (broad SMARTS) is 1. The van der Waals surface area contributed by atoms with Crippen LogP contribution in [-0.2, 0) is 17.5 Å². The van der Waals surface area contributed by atoms with Crippen molar-refractivity contribution in [2.45, 2.75) is 38.6 Å². The molecular formula is C14H18F3NO3. The molecule has 0 bridgehead atoms. The van der Waals surface area contributed by atoms with E-state index in [2.05, 4.69) is 5.32 Å². The largest absolute Gasteiger partial charge is 0.479 e. The van der Waals surface area contributed by atoms with Crippen LogP contribution < -0.4 is 10.1 Å². The van der Waals surface area contributed by atoms with Crippen LogP contribution in [0.3, 0.4) is 0 Å². The maximum Gasteiger partial charge on any atom is 0.419 e. The molecule has 21 heavy (non-hydrogen) atoms. The van der Waals surface area contributed by atoms with Crippen LogP contribution in [0.5, 0.6) is 5.75 Å². The fourth-order valence-electron chi connectivity index (χ4n) is 1.86. The first kappa shape index (κ1) is 17.3. The van der Waals surface area contributed by atoms with Crippen molar-refractivity contribution in [3.8, 4) is 5.75 Å². The monoisotopic (exact) mass is 305 g/mol. The number of carboxylic acids is 1. The zero-order valence-electron chi connectivity index (χ0n) is 11.8. The molecule has 0 amide bonds. The lowest BCUT2D eigenvalue weighted by Crippen LogP contribution is -2.27.